The first-order valence-corrected chi connectivity index (χ1v) is 6.49. The topological polar surface area (TPSA) is 42.0 Å². The van der Waals surface area contributed by atoms with E-state index in [4.69, 9.17) is 0 Å². The number of carbonyl (C=O) groups excluding carboxylic acids is 1. The molecule has 90 valence electrons. The first kappa shape index (κ1) is 10.8. The van der Waals surface area contributed by atoms with E-state index >= 15 is 0 Å². The van der Waals surface area contributed by atoms with Gasteiger partial charge < -0.3 is 5.32 Å². The van der Waals surface area contributed by atoms with Gasteiger partial charge >= 0.3 is 0 Å². The molecule has 0 aromatic carbocycles. The number of hydrogen-bond donors (Lipinski definition) is 1. The molecule has 0 bridgehead atoms. The molecule has 3 heteroatoms. The molecular weight excluding hydrogens is 212 g/mol. The minimum absolute atomic E-state index is 0.206. The molecule has 3 atom stereocenters. The molecule has 1 N–H and O–H groups in total. The van der Waals surface area contributed by atoms with E-state index in [9.17, 15) is 4.79 Å². The largest absolute Gasteiger partial charge is 0.324 e. The average Bonchev–Trinajstić information content (AvgIpc) is 3.06. The van der Waals surface area contributed by atoms with Crippen molar-refractivity contribution in [3.63, 3.8) is 0 Å². The molecule has 2 saturated carbocycles. The molecule has 1 aromatic heterocycles. The van der Waals surface area contributed by atoms with Gasteiger partial charge in [-0.25, -0.2) is 0 Å². The quantitative estimate of drug-likeness (QED) is 0.848. The number of aryl methyl sites for hydroxylation is 1. The molecule has 1 heterocycles. The van der Waals surface area contributed by atoms with Crippen LogP contribution < -0.4 is 5.32 Å². The molecule has 1 aromatic rings. The highest BCUT2D eigenvalue weighted by Gasteiger charge is 2.54. The third-order valence-electron chi connectivity index (χ3n) is 4.26. The fraction of sp³-hybridized carbons (Fsp3) is 0.571. The molecule has 2 aliphatic carbocycles. The zero-order valence-corrected chi connectivity index (χ0v) is 10.1. The third-order valence-corrected chi connectivity index (χ3v) is 4.26. The Hall–Kier alpha value is -1.38. The van der Waals surface area contributed by atoms with Crippen molar-refractivity contribution in [1.29, 1.82) is 0 Å². The smallest absolute Gasteiger partial charge is 0.228 e. The molecule has 2 aliphatic rings. The minimum Gasteiger partial charge on any atom is -0.324 e. The van der Waals surface area contributed by atoms with Crippen LogP contribution in [0.3, 0.4) is 0 Å². The van der Waals surface area contributed by atoms with E-state index in [1.54, 1.807) is 12.4 Å². The molecule has 0 saturated heterocycles. The Morgan fingerprint density at radius 3 is 2.71 bits per heavy atom. The van der Waals surface area contributed by atoms with Crippen LogP contribution in [0.2, 0.25) is 0 Å². The van der Waals surface area contributed by atoms with Crippen LogP contribution >= 0.6 is 0 Å². The Morgan fingerprint density at radius 2 is 2.06 bits per heavy atom. The number of pyridine rings is 1. The summed E-state index contributed by atoms with van der Waals surface area (Å²) in [6, 6.07) is 1.93. The van der Waals surface area contributed by atoms with Crippen LogP contribution in [0.5, 0.6) is 0 Å². The van der Waals surface area contributed by atoms with E-state index in [1.807, 2.05) is 13.0 Å². The Kier molecular flexibility index (Phi) is 2.61. The second kappa shape index (κ2) is 4.13. The summed E-state index contributed by atoms with van der Waals surface area (Å²) in [6.07, 6.45) is 8.58. The molecule has 1 unspecified atom stereocenters. The minimum atomic E-state index is 0.206. The lowest BCUT2D eigenvalue weighted by molar-refractivity contribution is -0.117. The van der Waals surface area contributed by atoms with Crippen molar-refractivity contribution in [2.45, 2.75) is 32.6 Å². The molecule has 2 fully saturated rings. The van der Waals surface area contributed by atoms with E-state index in [2.05, 4.69) is 10.3 Å². The maximum atomic E-state index is 12.2. The van der Waals surface area contributed by atoms with Crippen LogP contribution in [-0.2, 0) is 4.79 Å². The van der Waals surface area contributed by atoms with Gasteiger partial charge in [-0.3, -0.25) is 9.78 Å². The van der Waals surface area contributed by atoms with Crippen LogP contribution in [0.25, 0.3) is 0 Å². The summed E-state index contributed by atoms with van der Waals surface area (Å²) < 4.78 is 0. The summed E-state index contributed by atoms with van der Waals surface area (Å²) in [5.74, 6) is 1.82. The number of rotatable bonds is 2. The van der Waals surface area contributed by atoms with Crippen molar-refractivity contribution in [2.24, 2.45) is 17.8 Å². The maximum absolute atomic E-state index is 12.2. The first-order chi connectivity index (χ1) is 8.27. The zero-order chi connectivity index (χ0) is 11.8. The Balaban J connectivity index is 1.67. The van der Waals surface area contributed by atoms with Crippen molar-refractivity contribution >= 4 is 11.6 Å². The van der Waals surface area contributed by atoms with Gasteiger partial charge in [-0.1, -0.05) is 12.8 Å². The summed E-state index contributed by atoms with van der Waals surface area (Å²) in [6.45, 7) is 2.00. The Bertz CT molecular complexity index is 432. The lowest BCUT2D eigenvalue weighted by Gasteiger charge is -2.06. The summed E-state index contributed by atoms with van der Waals surface area (Å²) in [7, 11) is 0. The molecule has 17 heavy (non-hydrogen) atoms. The normalized spacial score (nSPS) is 30.5. The van der Waals surface area contributed by atoms with Crippen LogP contribution in [0.1, 0.15) is 31.2 Å². The summed E-state index contributed by atoms with van der Waals surface area (Å²) >= 11 is 0. The Morgan fingerprint density at radius 1 is 1.35 bits per heavy atom. The first-order valence-electron chi connectivity index (χ1n) is 6.49. The molecule has 0 radical (unpaired) electrons. The van der Waals surface area contributed by atoms with Gasteiger partial charge in [0.25, 0.3) is 0 Å². The van der Waals surface area contributed by atoms with E-state index in [-0.39, 0.29) is 11.8 Å². The standard InChI is InChI=1S/C14H18N2O/c1-9-6-7-15-8-12(9)16-14(17)13-10-4-2-3-5-11(10)13/h6-8,10-11,13H,2-5H2,1H3,(H,16,17)/t10-,11+,13?. The van der Waals surface area contributed by atoms with E-state index < -0.39 is 0 Å². The number of aromatic nitrogens is 1. The second-order valence-corrected chi connectivity index (χ2v) is 5.32. The molecule has 3 nitrogen and oxygen atoms in total. The lowest BCUT2D eigenvalue weighted by Crippen LogP contribution is -2.16. The average molecular weight is 230 g/mol. The van der Waals surface area contributed by atoms with Crippen molar-refractivity contribution in [3.8, 4) is 0 Å². The molecule has 0 spiro atoms. The highest BCUT2D eigenvalue weighted by atomic mass is 16.2. The highest BCUT2D eigenvalue weighted by Crippen LogP contribution is 2.55. The molecule has 1 amide bonds. The fourth-order valence-electron chi connectivity index (χ4n) is 3.19. The van der Waals surface area contributed by atoms with Crippen LogP contribution in [0.4, 0.5) is 5.69 Å². The predicted octanol–water partition coefficient (Wildman–Crippen LogP) is 2.76. The van der Waals surface area contributed by atoms with Crippen LogP contribution in [0.15, 0.2) is 18.5 Å². The molecule has 3 rings (SSSR count). The number of nitrogens with one attached hydrogen (secondary N) is 1. The maximum Gasteiger partial charge on any atom is 0.228 e. The van der Waals surface area contributed by atoms with Gasteiger partial charge in [0.2, 0.25) is 5.91 Å². The SMILES string of the molecule is Cc1ccncc1NC(=O)C1[C@H]2CCCC[C@@H]12. The molecule has 0 aliphatic heterocycles. The number of hydrogen-bond acceptors (Lipinski definition) is 2. The molecular formula is C14H18N2O. The van der Waals surface area contributed by atoms with Gasteiger partial charge in [0, 0.05) is 12.1 Å². The third kappa shape index (κ3) is 1.94. The Labute approximate surface area is 102 Å². The lowest BCUT2D eigenvalue weighted by atomic mass is 10.0. The number of anilines is 1. The number of amides is 1. The monoisotopic (exact) mass is 230 g/mol. The van der Waals surface area contributed by atoms with E-state index in [1.165, 1.54) is 25.7 Å². The van der Waals surface area contributed by atoms with Crippen molar-refractivity contribution in [1.82, 2.24) is 4.98 Å². The van der Waals surface area contributed by atoms with Gasteiger partial charge in [-0.15, -0.1) is 0 Å². The number of nitrogens with zero attached hydrogens (tertiary/aromatic N) is 1. The van der Waals surface area contributed by atoms with Crippen LogP contribution in [-0.4, -0.2) is 10.9 Å². The van der Waals surface area contributed by atoms with Gasteiger partial charge in [-0.2, -0.15) is 0 Å². The summed E-state index contributed by atoms with van der Waals surface area (Å²) in [4.78, 5) is 16.2. The fourth-order valence-corrected chi connectivity index (χ4v) is 3.19. The number of carbonyl (C=O) groups is 1. The second-order valence-electron chi connectivity index (χ2n) is 5.32. The summed E-state index contributed by atoms with van der Waals surface area (Å²) in [5.41, 5.74) is 1.94. The highest BCUT2D eigenvalue weighted by molar-refractivity contribution is 5.95. The van der Waals surface area contributed by atoms with Crippen molar-refractivity contribution < 1.29 is 4.79 Å². The number of fused-ring (bicyclic) bond motifs is 1. The van der Waals surface area contributed by atoms with Crippen LogP contribution in [0, 0.1) is 24.7 Å². The van der Waals surface area contributed by atoms with Crippen molar-refractivity contribution in [2.75, 3.05) is 5.32 Å². The predicted molar refractivity (Wildman–Crippen MR) is 66.5 cm³/mol. The van der Waals surface area contributed by atoms with Gasteiger partial charge in [-0.05, 0) is 43.2 Å². The van der Waals surface area contributed by atoms with Gasteiger partial charge in [0.1, 0.15) is 0 Å². The van der Waals surface area contributed by atoms with Crippen molar-refractivity contribution in [3.05, 3.63) is 24.0 Å². The zero-order valence-electron chi connectivity index (χ0n) is 10.1. The summed E-state index contributed by atoms with van der Waals surface area (Å²) in [5, 5.41) is 3.03. The van der Waals surface area contributed by atoms with E-state index in [0.717, 1.165) is 11.3 Å². The van der Waals surface area contributed by atoms with E-state index in [0.29, 0.717) is 11.8 Å². The van der Waals surface area contributed by atoms with Gasteiger partial charge in [0.15, 0.2) is 0 Å². The van der Waals surface area contributed by atoms with Gasteiger partial charge in [0.05, 0.1) is 11.9 Å².